The van der Waals surface area contributed by atoms with Crippen molar-refractivity contribution in [3.8, 4) is 11.1 Å². The summed E-state index contributed by atoms with van der Waals surface area (Å²) in [5.74, 6) is -0.595. The number of hydrogen-bond acceptors (Lipinski definition) is 4. The Morgan fingerprint density at radius 2 is 1.72 bits per heavy atom. The Hall–Kier alpha value is -2.59. The van der Waals surface area contributed by atoms with Gasteiger partial charge in [-0.2, -0.15) is 0 Å². The molecule has 1 aromatic carbocycles. The molecule has 25 heavy (non-hydrogen) atoms. The third-order valence-corrected chi connectivity index (χ3v) is 6.36. The summed E-state index contributed by atoms with van der Waals surface area (Å²) < 4.78 is 31.6. The molecule has 0 aliphatic carbocycles. The van der Waals surface area contributed by atoms with Crippen LogP contribution < -0.4 is 0 Å². The molecule has 0 saturated heterocycles. The second-order valence-corrected chi connectivity index (χ2v) is 8.27. The first-order valence-corrected chi connectivity index (χ1v) is 9.19. The lowest BCUT2D eigenvalue weighted by Gasteiger charge is -2.13. The molecule has 0 saturated carbocycles. The Morgan fingerprint density at radius 3 is 2.16 bits per heavy atom. The second kappa shape index (κ2) is 6.73. The zero-order chi connectivity index (χ0) is 18.9. The van der Waals surface area contributed by atoms with E-state index in [1.54, 1.807) is 52.0 Å². The second-order valence-electron chi connectivity index (χ2n) is 5.93. The minimum Gasteiger partial charge on any atom is -0.465 e. The molecule has 2 rings (SSSR count). The van der Waals surface area contributed by atoms with Crippen molar-refractivity contribution < 1.29 is 17.9 Å². The highest BCUT2D eigenvalue weighted by Gasteiger charge is 2.31. The van der Waals surface area contributed by atoms with Crippen LogP contribution in [0.2, 0.25) is 0 Å². The summed E-state index contributed by atoms with van der Waals surface area (Å²) in [6.45, 7) is 13.5. The van der Waals surface area contributed by atoms with Gasteiger partial charge < -0.3 is 4.74 Å². The molecule has 0 unspecified atom stereocenters. The maximum absolute atomic E-state index is 12.8. The number of nitrogens with zero attached hydrogens (tertiary/aromatic N) is 2. The monoisotopic (exact) mass is 360 g/mol. The summed E-state index contributed by atoms with van der Waals surface area (Å²) in [5, 5.41) is -0.639. The Morgan fingerprint density at radius 1 is 1.16 bits per heavy atom. The van der Waals surface area contributed by atoms with Crippen molar-refractivity contribution in [2.24, 2.45) is 0 Å². The fourth-order valence-electron chi connectivity index (χ4n) is 2.82. The summed E-state index contributed by atoms with van der Waals surface area (Å²) in [6, 6.07) is 6.67. The highest BCUT2D eigenvalue weighted by atomic mass is 32.2. The van der Waals surface area contributed by atoms with E-state index in [-0.39, 0.29) is 5.56 Å². The molecule has 0 aliphatic rings. The number of aromatic nitrogens is 1. The van der Waals surface area contributed by atoms with E-state index in [4.69, 9.17) is 11.3 Å². The van der Waals surface area contributed by atoms with Gasteiger partial charge in [-0.1, -0.05) is 24.3 Å². The van der Waals surface area contributed by atoms with Gasteiger partial charge in [-0.25, -0.2) is 22.0 Å². The van der Waals surface area contributed by atoms with Crippen molar-refractivity contribution >= 4 is 21.7 Å². The van der Waals surface area contributed by atoms with Gasteiger partial charge in [-0.05, 0) is 33.3 Å². The SMILES string of the molecule is [C-]#[N+]c1ccc(-c2c(C(=O)OC)c(C)n(S(=O)(=O)C(C)C)c2C)cc1. The molecule has 7 heteroatoms. The van der Waals surface area contributed by atoms with Gasteiger partial charge in [0.15, 0.2) is 5.69 Å². The zero-order valence-corrected chi connectivity index (χ0v) is 15.6. The average molecular weight is 360 g/mol. The molecular weight excluding hydrogens is 340 g/mol. The van der Waals surface area contributed by atoms with Crippen LogP contribution in [0, 0.1) is 20.4 Å². The molecule has 1 heterocycles. The van der Waals surface area contributed by atoms with E-state index in [0.29, 0.717) is 28.2 Å². The number of rotatable bonds is 4. The number of esters is 1. The van der Waals surface area contributed by atoms with Crippen molar-refractivity contribution in [2.45, 2.75) is 32.9 Å². The molecule has 132 valence electrons. The first-order chi connectivity index (χ1) is 11.7. The van der Waals surface area contributed by atoms with Gasteiger partial charge in [0.1, 0.15) is 0 Å². The van der Waals surface area contributed by atoms with Crippen LogP contribution in [0.15, 0.2) is 24.3 Å². The van der Waals surface area contributed by atoms with Crippen molar-refractivity contribution in [1.29, 1.82) is 0 Å². The van der Waals surface area contributed by atoms with Gasteiger partial charge in [-0.15, -0.1) is 0 Å². The first-order valence-electron chi connectivity index (χ1n) is 7.69. The molecule has 2 aromatic rings. The molecule has 0 aliphatic heterocycles. The molecule has 1 aromatic heterocycles. The lowest BCUT2D eigenvalue weighted by molar-refractivity contribution is 0.0601. The highest BCUT2D eigenvalue weighted by molar-refractivity contribution is 7.90. The van der Waals surface area contributed by atoms with Crippen LogP contribution in [-0.2, 0) is 14.8 Å². The average Bonchev–Trinajstić information content (AvgIpc) is 2.85. The summed E-state index contributed by atoms with van der Waals surface area (Å²) in [4.78, 5) is 15.7. The quantitative estimate of drug-likeness (QED) is 0.616. The fraction of sp³-hybridized carbons (Fsp3) is 0.333. The van der Waals surface area contributed by atoms with Crippen LogP contribution >= 0.6 is 0 Å². The Kier molecular flexibility index (Phi) is 5.04. The lowest BCUT2D eigenvalue weighted by atomic mass is 10.0. The van der Waals surface area contributed by atoms with Gasteiger partial charge >= 0.3 is 5.97 Å². The largest absolute Gasteiger partial charge is 0.465 e. The number of carbonyl (C=O) groups excluding carboxylic acids is 1. The van der Waals surface area contributed by atoms with Crippen LogP contribution in [-0.4, -0.2) is 30.7 Å². The van der Waals surface area contributed by atoms with Crippen LogP contribution in [0.25, 0.3) is 16.0 Å². The van der Waals surface area contributed by atoms with Crippen molar-refractivity contribution in [2.75, 3.05) is 7.11 Å². The molecule has 6 nitrogen and oxygen atoms in total. The predicted molar refractivity (Wildman–Crippen MR) is 96.4 cm³/mol. The molecule has 0 fully saturated rings. The van der Waals surface area contributed by atoms with E-state index in [2.05, 4.69) is 4.85 Å². The molecule has 0 amide bonds. The molecular formula is C18H20N2O4S. The van der Waals surface area contributed by atoms with E-state index in [9.17, 15) is 13.2 Å². The standard InChI is InChI=1S/C18H20N2O4S/c1-11(2)25(22,23)20-12(3)16(17(13(20)4)18(21)24-6)14-7-9-15(19-5)10-8-14/h7-11H,1-4,6H3. The van der Waals surface area contributed by atoms with E-state index >= 15 is 0 Å². The summed E-state index contributed by atoms with van der Waals surface area (Å²) >= 11 is 0. The molecule has 0 bridgehead atoms. The van der Waals surface area contributed by atoms with Crippen molar-refractivity contribution in [3.63, 3.8) is 0 Å². The smallest absolute Gasteiger partial charge is 0.340 e. The van der Waals surface area contributed by atoms with Gasteiger partial charge in [0.2, 0.25) is 10.0 Å². The van der Waals surface area contributed by atoms with Crippen LogP contribution in [0.1, 0.15) is 35.6 Å². The third-order valence-electron chi connectivity index (χ3n) is 4.11. The van der Waals surface area contributed by atoms with Crippen molar-refractivity contribution in [1.82, 2.24) is 3.97 Å². The Bertz CT molecular complexity index is 962. The zero-order valence-electron chi connectivity index (χ0n) is 14.8. The van der Waals surface area contributed by atoms with Gasteiger partial charge in [0, 0.05) is 17.0 Å². The van der Waals surface area contributed by atoms with Crippen molar-refractivity contribution in [3.05, 3.63) is 52.6 Å². The normalized spacial score (nSPS) is 11.4. The maximum Gasteiger partial charge on any atom is 0.340 e. The molecule has 0 N–H and O–H groups in total. The third kappa shape index (κ3) is 3.05. The Labute approximate surface area is 147 Å². The van der Waals surface area contributed by atoms with Gasteiger partial charge in [-0.3, -0.25) is 0 Å². The predicted octanol–water partition coefficient (Wildman–Crippen LogP) is 3.70. The molecule has 0 radical (unpaired) electrons. The number of ether oxygens (including phenoxy) is 1. The summed E-state index contributed by atoms with van der Waals surface area (Å²) in [6.07, 6.45) is 0. The van der Waals surface area contributed by atoms with Gasteiger partial charge in [0.05, 0.1) is 24.5 Å². The highest BCUT2D eigenvalue weighted by Crippen LogP contribution is 2.35. The molecule has 0 atom stereocenters. The lowest BCUT2D eigenvalue weighted by Crippen LogP contribution is -2.24. The van der Waals surface area contributed by atoms with E-state index in [0.717, 1.165) is 0 Å². The summed E-state index contributed by atoms with van der Waals surface area (Å²) in [5.41, 5.74) is 2.62. The van der Waals surface area contributed by atoms with E-state index in [1.807, 2.05) is 0 Å². The minimum absolute atomic E-state index is 0.222. The minimum atomic E-state index is -3.64. The van der Waals surface area contributed by atoms with E-state index in [1.165, 1.54) is 11.1 Å². The van der Waals surface area contributed by atoms with Crippen LogP contribution in [0.5, 0.6) is 0 Å². The number of methoxy groups -OCH3 is 1. The maximum atomic E-state index is 12.8. The summed E-state index contributed by atoms with van der Waals surface area (Å²) in [7, 11) is -2.38. The number of carbonyl (C=O) groups is 1. The topological polar surface area (TPSA) is 69.7 Å². The van der Waals surface area contributed by atoms with Crippen LogP contribution in [0.4, 0.5) is 5.69 Å². The Balaban J connectivity index is 2.87. The fourth-order valence-corrected chi connectivity index (χ4v) is 4.18. The van der Waals surface area contributed by atoms with Gasteiger partial charge in [0.25, 0.3) is 0 Å². The number of hydrogen-bond donors (Lipinski definition) is 0. The van der Waals surface area contributed by atoms with Crippen LogP contribution in [0.3, 0.4) is 0 Å². The van der Waals surface area contributed by atoms with E-state index < -0.39 is 21.2 Å². The molecule has 0 spiro atoms. The first kappa shape index (κ1) is 18.7. The number of benzene rings is 1.